The number of fused-ring (bicyclic) bond motifs is 1. The normalized spacial score (nSPS) is 10.2. The van der Waals surface area contributed by atoms with Crippen molar-refractivity contribution in [3.8, 4) is 0 Å². The van der Waals surface area contributed by atoms with Gasteiger partial charge in [-0.15, -0.1) is 0 Å². The Labute approximate surface area is 147 Å². The molecule has 1 N–H and O–H groups in total. The molecule has 2 heterocycles. The van der Waals surface area contributed by atoms with Gasteiger partial charge in [-0.3, -0.25) is 4.40 Å². The number of carbonyl (C=O) groups is 1. The second kappa shape index (κ2) is 7.79. The predicted octanol–water partition coefficient (Wildman–Crippen LogP) is 4.21. The van der Waals surface area contributed by atoms with Gasteiger partial charge in [-0.1, -0.05) is 13.8 Å². The Morgan fingerprint density at radius 3 is 2.56 bits per heavy atom. The molecule has 0 saturated carbocycles. The molecular formula is C19H24N4O2. The molecule has 0 saturated heterocycles. The van der Waals surface area contributed by atoms with E-state index in [1.54, 1.807) is 6.07 Å². The van der Waals surface area contributed by atoms with Crippen LogP contribution in [0.25, 0.3) is 5.65 Å². The SMILES string of the molecule is CC.COC(=O)c1ccc(Nc2nc(C)cn3c(C)cnc23)cc1C. The van der Waals surface area contributed by atoms with Crippen LogP contribution in [0.5, 0.6) is 0 Å². The Morgan fingerprint density at radius 2 is 1.92 bits per heavy atom. The molecule has 3 rings (SSSR count). The monoisotopic (exact) mass is 340 g/mol. The average molecular weight is 340 g/mol. The van der Waals surface area contributed by atoms with Gasteiger partial charge in [0.25, 0.3) is 0 Å². The minimum absolute atomic E-state index is 0.339. The third-order valence-electron chi connectivity index (χ3n) is 3.69. The quantitative estimate of drug-likeness (QED) is 0.723. The number of benzene rings is 1. The number of nitrogens with one attached hydrogen (secondary N) is 1. The van der Waals surface area contributed by atoms with Crippen LogP contribution in [0.1, 0.15) is 41.2 Å². The molecule has 25 heavy (non-hydrogen) atoms. The molecule has 132 valence electrons. The Kier molecular flexibility index (Phi) is 5.75. The van der Waals surface area contributed by atoms with Gasteiger partial charge in [-0.2, -0.15) is 0 Å². The summed E-state index contributed by atoms with van der Waals surface area (Å²) in [5.41, 5.74) is 4.94. The van der Waals surface area contributed by atoms with E-state index < -0.39 is 0 Å². The molecule has 0 atom stereocenters. The van der Waals surface area contributed by atoms with E-state index in [4.69, 9.17) is 4.74 Å². The number of hydrogen-bond acceptors (Lipinski definition) is 5. The average Bonchev–Trinajstić information content (AvgIpc) is 2.97. The van der Waals surface area contributed by atoms with Crippen molar-refractivity contribution in [1.29, 1.82) is 0 Å². The van der Waals surface area contributed by atoms with Gasteiger partial charge in [0.2, 0.25) is 0 Å². The molecule has 0 spiro atoms. The topological polar surface area (TPSA) is 68.5 Å². The molecule has 6 nitrogen and oxygen atoms in total. The number of aryl methyl sites for hydroxylation is 3. The van der Waals surface area contributed by atoms with Crippen molar-refractivity contribution in [2.24, 2.45) is 0 Å². The predicted molar refractivity (Wildman–Crippen MR) is 99.6 cm³/mol. The highest BCUT2D eigenvalue weighted by molar-refractivity contribution is 5.91. The third-order valence-corrected chi connectivity index (χ3v) is 3.69. The van der Waals surface area contributed by atoms with Gasteiger partial charge in [-0.05, 0) is 44.5 Å². The summed E-state index contributed by atoms with van der Waals surface area (Å²) in [6.45, 7) is 9.81. The number of imidazole rings is 1. The van der Waals surface area contributed by atoms with E-state index >= 15 is 0 Å². The highest BCUT2D eigenvalue weighted by Crippen LogP contribution is 2.23. The van der Waals surface area contributed by atoms with E-state index in [1.807, 2.05) is 63.5 Å². The van der Waals surface area contributed by atoms with Gasteiger partial charge in [-0.25, -0.2) is 14.8 Å². The van der Waals surface area contributed by atoms with Crippen molar-refractivity contribution >= 4 is 23.1 Å². The van der Waals surface area contributed by atoms with Crippen molar-refractivity contribution in [2.45, 2.75) is 34.6 Å². The summed E-state index contributed by atoms with van der Waals surface area (Å²) in [6.07, 6.45) is 3.77. The second-order valence-corrected chi connectivity index (χ2v) is 5.47. The lowest BCUT2D eigenvalue weighted by molar-refractivity contribution is 0.0600. The summed E-state index contributed by atoms with van der Waals surface area (Å²) in [4.78, 5) is 20.6. The molecule has 0 unspecified atom stereocenters. The Balaban J connectivity index is 0.00000109. The Morgan fingerprint density at radius 1 is 1.20 bits per heavy atom. The summed E-state index contributed by atoms with van der Waals surface area (Å²) >= 11 is 0. The van der Waals surface area contributed by atoms with E-state index in [2.05, 4.69) is 15.3 Å². The number of esters is 1. The Bertz CT molecular complexity index is 900. The van der Waals surface area contributed by atoms with Crippen LogP contribution in [0.3, 0.4) is 0 Å². The zero-order valence-corrected chi connectivity index (χ0v) is 15.5. The van der Waals surface area contributed by atoms with Crippen LogP contribution in [0.4, 0.5) is 11.5 Å². The maximum atomic E-state index is 11.7. The first-order valence-corrected chi connectivity index (χ1v) is 8.27. The first-order valence-electron chi connectivity index (χ1n) is 8.27. The molecular weight excluding hydrogens is 316 g/mol. The third kappa shape index (κ3) is 3.79. The molecule has 6 heteroatoms. The summed E-state index contributed by atoms with van der Waals surface area (Å²) < 4.78 is 6.77. The maximum Gasteiger partial charge on any atom is 0.338 e. The fourth-order valence-electron chi connectivity index (χ4n) is 2.53. The summed E-state index contributed by atoms with van der Waals surface area (Å²) in [5, 5.41) is 3.28. The van der Waals surface area contributed by atoms with Gasteiger partial charge < -0.3 is 10.1 Å². The first kappa shape index (κ1) is 18.4. The molecule has 0 fully saturated rings. The van der Waals surface area contributed by atoms with Crippen molar-refractivity contribution < 1.29 is 9.53 Å². The summed E-state index contributed by atoms with van der Waals surface area (Å²) in [5.74, 6) is 0.345. The van der Waals surface area contributed by atoms with Gasteiger partial charge in [0.05, 0.1) is 18.4 Å². The number of aromatic nitrogens is 3. The van der Waals surface area contributed by atoms with Crippen molar-refractivity contribution in [2.75, 3.05) is 12.4 Å². The van der Waals surface area contributed by atoms with Crippen LogP contribution in [-0.4, -0.2) is 27.4 Å². The first-order chi connectivity index (χ1) is 12.0. The van der Waals surface area contributed by atoms with Gasteiger partial charge in [0, 0.05) is 23.8 Å². The minimum Gasteiger partial charge on any atom is -0.465 e. The molecule has 0 aliphatic carbocycles. The number of ether oxygens (including phenoxy) is 1. The standard InChI is InChI=1S/C17H18N4O2.C2H6/c1-10-7-13(5-6-14(10)17(22)23-4)20-15-16-18-8-12(3)21(16)9-11(2)19-15;1-2/h5-9H,1-4H3,(H,19,20);1-2H3. The van der Waals surface area contributed by atoms with Crippen LogP contribution < -0.4 is 5.32 Å². The largest absolute Gasteiger partial charge is 0.465 e. The van der Waals surface area contributed by atoms with Gasteiger partial charge in [0.1, 0.15) is 0 Å². The number of nitrogens with zero attached hydrogens (tertiary/aromatic N) is 3. The fraction of sp³-hybridized carbons (Fsp3) is 0.316. The smallest absolute Gasteiger partial charge is 0.338 e. The van der Waals surface area contributed by atoms with Gasteiger partial charge >= 0.3 is 5.97 Å². The molecule has 0 aliphatic rings. The molecule has 0 bridgehead atoms. The molecule has 1 aromatic carbocycles. The Hall–Kier alpha value is -2.89. The van der Waals surface area contributed by atoms with Crippen LogP contribution in [-0.2, 0) is 4.74 Å². The number of methoxy groups -OCH3 is 1. The second-order valence-electron chi connectivity index (χ2n) is 5.47. The lowest BCUT2D eigenvalue weighted by atomic mass is 10.1. The maximum absolute atomic E-state index is 11.7. The van der Waals surface area contributed by atoms with Crippen molar-refractivity contribution in [1.82, 2.24) is 14.4 Å². The minimum atomic E-state index is -0.339. The number of carbonyl (C=O) groups excluding carboxylic acids is 1. The zero-order valence-electron chi connectivity index (χ0n) is 15.5. The number of hydrogen-bond donors (Lipinski definition) is 1. The van der Waals surface area contributed by atoms with E-state index in [-0.39, 0.29) is 5.97 Å². The van der Waals surface area contributed by atoms with Crippen LogP contribution in [0.15, 0.2) is 30.6 Å². The van der Waals surface area contributed by atoms with Crippen LogP contribution in [0, 0.1) is 20.8 Å². The lowest BCUT2D eigenvalue weighted by Crippen LogP contribution is -2.05. The summed E-state index contributed by atoms with van der Waals surface area (Å²) in [7, 11) is 1.38. The summed E-state index contributed by atoms with van der Waals surface area (Å²) in [6, 6.07) is 5.46. The van der Waals surface area contributed by atoms with Crippen LogP contribution in [0.2, 0.25) is 0 Å². The van der Waals surface area contributed by atoms with Gasteiger partial charge in [0.15, 0.2) is 11.5 Å². The van der Waals surface area contributed by atoms with Crippen molar-refractivity contribution in [3.05, 3.63) is 53.1 Å². The molecule has 0 radical (unpaired) electrons. The fourth-order valence-corrected chi connectivity index (χ4v) is 2.53. The highest BCUT2D eigenvalue weighted by atomic mass is 16.5. The van der Waals surface area contributed by atoms with E-state index in [9.17, 15) is 4.79 Å². The van der Waals surface area contributed by atoms with E-state index in [0.29, 0.717) is 11.4 Å². The number of anilines is 2. The lowest BCUT2D eigenvalue weighted by Gasteiger charge is -2.11. The van der Waals surface area contributed by atoms with Crippen LogP contribution >= 0.6 is 0 Å². The molecule has 2 aromatic heterocycles. The molecule has 0 aliphatic heterocycles. The number of rotatable bonds is 3. The highest BCUT2D eigenvalue weighted by Gasteiger charge is 2.12. The zero-order chi connectivity index (χ0) is 18.6. The van der Waals surface area contributed by atoms with E-state index in [0.717, 1.165) is 28.3 Å². The van der Waals surface area contributed by atoms with Crippen molar-refractivity contribution in [3.63, 3.8) is 0 Å². The van der Waals surface area contributed by atoms with E-state index in [1.165, 1.54) is 7.11 Å². The molecule has 0 amide bonds. The molecule has 3 aromatic rings.